The largest absolute Gasteiger partial charge is 0.352 e. The van der Waals surface area contributed by atoms with Gasteiger partial charge in [0.15, 0.2) is 0 Å². The number of benzene rings is 3. The highest BCUT2D eigenvalue weighted by Gasteiger charge is 2.34. The van der Waals surface area contributed by atoms with Gasteiger partial charge < -0.3 is 10.2 Å². The number of sulfonamides is 1. The first-order valence-electron chi connectivity index (χ1n) is 12.7. The van der Waals surface area contributed by atoms with Crippen LogP contribution in [0.4, 0.5) is 5.69 Å². The molecule has 0 spiro atoms. The highest BCUT2D eigenvalue weighted by molar-refractivity contribution is 7.92. The fourth-order valence-corrected chi connectivity index (χ4v) is 5.79. The number of carbonyl (C=O) groups is 2. The zero-order valence-corrected chi connectivity index (χ0v) is 24.5. The molecule has 0 heterocycles. The van der Waals surface area contributed by atoms with Crippen molar-refractivity contribution in [1.82, 2.24) is 10.2 Å². The molecule has 0 aliphatic rings. The maximum Gasteiger partial charge on any atom is 0.264 e. The fourth-order valence-electron chi connectivity index (χ4n) is 4.04. The molecule has 10 heteroatoms. The third kappa shape index (κ3) is 7.75. The third-order valence-corrected chi connectivity index (χ3v) is 8.91. The molecular weight excluding hydrogens is 557 g/mol. The molecule has 3 aromatic rings. The van der Waals surface area contributed by atoms with Crippen molar-refractivity contribution in [1.29, 1.82) is 0 Å². The SMILES string of the molecule is CC[C@H](C)NC(=O)[C@H](CC)N(Cc1ccc(Cl)c(Cl)c1)C(=O)CN(c1ccccc1)S(=O)(=O)c1ccccc1. The van der Waals surface area contributed by atoms with Gasteiger partial charge in [-0.25, -0.2) is 8.42 Å². The normalized spacial score (nSPS) is 12.8. The van der Waals surface area contributed by atoms with Gasteiger partial charge in [-0.3, -0.25) is 13.9 Å². The van der Waals surface area contributed by atoms with Crippen LogP contribution in [-0.2, 0) is 26.2 Å². The van der Waals surface area contributed by atoms with E-state index in [2.05, 4.69) is 5.32 Å². The number of carbonyl (C=O) groups excluding carboxylic acids is 2. The Balaban J connectivity index is 2.04. The number of nitrogens with zero attached hydrogens (tertiary/aromatic N) is 2. The minimum atomic E-state index is -4.10. The molecule has 0 bridgehead atoms. The monoisotopic (exact) mass is 589 g/mol. The quantitative estimate of drug-likeness (QED) is 0.284. The van der Waals surface area contributed by atoms with E-state index < -0.39 is 28.5 Å². The van der Waals surface area contributed by atoms with Crippen molar-refractivity contribution in [2.75, 3.05) is 10.8 Å². The molecule has 2 amide bonds. The van der Waals surface area contributed by atoms with E-state index in [1.54, 1.807) is 66.7 Å². The summed E-state index contributed by atoms with van der Waals surface area (Å²) >= 11 is 12.3. The lowest BCUT2D eigenvalue weighted by atomic mass is 10.1. The van der Waals surface area contributed by atoms with Gasteiger partial charge >= 0.3 is 0 Å². The van der Waals surface area contributed by atoms with Gasteiger partial charge in [0, 0.05) is 12.6 Å². The number of halogens is 2. The van der Waals surface area contributed by atoms with E-state index in [0.29, 0.717) is 27.7 Å². The predicted octanol–water partition coefficient (Wildman–Crippen LogP) is 5.91. The topological polar surface area (TPSA) is 86.8 Å². The molecule has 0 saturated carbocycles. The molecule has 1 N–H and O–H groups in total. The summed E-state index contributed by atoms with van der Waals surface area (Å²) in [5, 5.41) is 3.63. The third-order valence-electron chi connectivity index (χ3n) is 6.38. The zero-order valence-electron chi connectivity index (χ0n) is 22.2. The Morgan fingerprint density at radius 1 is 0.872 bits per heavy atom. The van der Waals surface area contributed by atoms with Crippen molar-refractivity contribution < 1.29 is 18.0 Å². The average molecular weight is 591 g/mol. The first-order valence-corrected chi connectivity index (χ1v) is 14.9. The van der Waals surface area contributed by atoms with Crippen LogP contribution in [0.15, 0.2) is 83.8 Å². The number of rotatable bonds is 12. The van der Waals surface area contributed by atoms with Crippen LogP contribution in [-0.4, -0.2) is 43.8 Å². The summed E-state index contributed by atoms with van der Waals surface area (Å²) in [7, 11) is -4.10. The zero-order chi connectivity index (χ0) is 28.6. The summed E-state index contributed by atoms with van der Waals surface area (Å²) in [5.41, 5.74) is 0.992. The van der Waals surface area contributed by atoms with Gasteiger partial charge in [0.2, 0.25) is 11.8 Å². The molecule has 39 heavy (non-hydrogen) atoms. The average Bonchev–Trinajstić information content (AvgIpc) is 2.94. The number of hydrogen-bond acceptors (Lipinski definition) is 4. The maximum absolute atomic E-state index is 14.0. The summed E-state index contributed by atoms with van der Waals surface area (Å²) in [6.07, 6.45) is 1.05. The van der Waals surface area contributed by atoms with Crippen LogP contribution >= 0.6 is 23.2 Å². The van der Waals surface area contributed by atoms with Crippen LogP contribution in [0.5, 0.6) is 0 Å². The Bertz CT molecular complexity index is 1370. The summed E-state index contributed by atoms with van der Waals surface area (Å²) in [6, 6.07) is 20.4. The molecule has 0 unspecified atom stereocenters. The minimum Gasteiger partial charge on any atom is -0.352 e. The molecular formula is C29H33Cl2N3O4S. The van der Waals surface area contributed by atoms with E-state index in [4.69, 9.17) is 23.2 Å². The van der Waals surface area contributed by atoms with Crippen LogP contribution in [0, 0.1) is 0 Å². The maximum atomic E-state index is 14.0. The van der Waals surface area contributed by atoms with Crippen LogP contribution < -0.4 is 9.62 Å². The first-order chi connectivity index (χ1) is 18.6. The Hall–Kier alpha value is -3.07. The Morgan fingerprint density at radius 3 is 2.05 bits per heavy atom. The molecule has 0 radical (unpaired) electrons. The van der Waals surface area contributed by atoms with Crippen LogP contribution in [0.1, 0.15) is 39.2 Å². The summed E-state index contributed by atoms with van der Waals surface area (Å²) in [4.78, 5) is 28.8. The number of anilines is 1. The fraction of sp³-hybridized carbons (Fsp3) is 0.310. The van der Waals surface area contributed by atoms with Crippen LogP contribution in [0.3, 0.4) is 0 Å². The summed E-state index contributed by atoms with van der Waals surface area (Å²) in [5.74, 6) is -0.840. The molecule has 0 aromatic heterocycles. The van der Waals surface area contributed by atoms with Crippen molar-refractivity contribution >= 4 is 50.7 Å². The van der Waals surface area contributed by atoms with Crippen LogP contribution in [0.2, 0.25) is 10.0 Å². The molecule has 0 aliphatic carbocycles. The lowest BCUT2D eigenvalue weighted by Crippen LogP contribution is -2.53. The van der Waals surface area contributed by atoms with E-state index in [1.807, 2.05) is 20.8 Å². The van der Waals surface area contributed by atoms with Gasteiger partial charge in [-0.05, 0) is 61.7 Å². The molecule has 7 nitrogen and oxygen atoms in total. The van der Waals surface area contributed by atoms with E-state index in [9.17, 15) is 18.0 Å². The van der Waals surface area contributed by atoms with Gasteiger partial charge in [-0.1, -0.05) is 79.5 Å². The first kappa shape index (κ1) is 30.5. The van der Waals surface area contributed by atoms with Gasteiger partial charge in [-0.2, -0.15) is 0 Å². The highest BCUT2D eigenvalue weighted by Crippen LogP contribution is 2.26. The van der Waals surface area contributed by atoms with E-state index in [-0.39, 0.29) is 23.4 Å². The number of amides is 2. The highest BCUT2D eigenvalue weighted by atomic mass is 35.5. The van der Waals surface area contributed by atoms with Crippen LogP contribution in [0.25, 0.3) is 0 Å². The molecule has 208 valence electrons. The standard InChI is InChI=1S/C29H33Cl2N3O4S/c1-4-21(3)32-29(36)27(5-2)33(19-22-16-17-25(30)26(31)18-22)28(35)20-34(23-12-8-6-9-13-23)39(37,38)24-14-10-7-11-15-24/h6-18,21,27H,4-5,19-20H2,1-3H3,(H,32,36)/t21-,27-/m0/s1. The van der Waals surface area contributed by atoms with Crippen molar-refractivity contribution in [3.63, 3.8) is 0 Å². The number of nitrogens with one attached hydrogen (secondary N) is 1. The second-order valence-corrected chi connectivity index (χ2v) is 11.8. The Morgan fingerprint density at radius 2 is 1.49 bits per heavy atom. The van der Waals surface area contributed by atoms with Crippen molar-refractivity contribution in [3.05, 3.63) is 94.5 Å². The molecule has 3 rings (SSSR count). The second-order valence-electron chi connectivity index (χ2n) is 9.17. The molecule has 3 aromatic carbocycles. The van der Waals surface area contributed by atoms with Crippen molar-refractivity contribution in [2.24, 2.45) is 0 Å². The number of hydrogen-bond donors (Lipinski definition) is 1. The van der Waals surface area contributed by atoms with Gasteiger partial charge in [0.1, 0.15) is 12.6 Å². The van der Waals surface area contributed by atoms with Gasteiger partial charge in [0.05, 0.1) is 20.6 Å². The smallest absolute Gasteiger partial charge is 0.264 e. The lowest BCUT2D eigenvalue weighted by molar-refractivity contribution is -0.140. The van der Waals surface area contributed by atoms with E-state index >= 15 is 0 Å². The minimum absolute atomic E-state index is 0.0379. The molecule has 2 atom stereocenters. The van der Waals surface area contributed by atoms with Crippen molar-refractivity contribution in [3.8, 4) is 0 Å². The Labute approximate surface area is 240 Å². The molecule has 0 fully saturated rings. The van der Waals surface area contributed by atoms with Gasteiger partial charge in [-0.15, -0.1) is 0 Å². The predicted molar refractivity (Wildman–Crippen MR) is 156 cm³/mol. The number of para-hydroxylation sites is 1. The summed E-state index contributed by atoms with van der Waals surface area (Å²) < 4.78 is 28.5. The van der Waals surface area contributed by atoms with E-state index in [1.165, 1.54) is 17.0 Å². The summed E-state index contributed by atoms with van der Waals surface area (Å²) in [6.45, 7) is 5.19. The lowest BCUT2D eigenvalue weighted by Gasteiger charge is -2.33. The molecule has 0 aliphatic heterocycles. The van der Waals surface area contributed by atoms with E-state index in [0.717, 1.165) is 10.7 Å². The van der Waals surface area contributed by atoms with Gasteiger partial charge in [0.25, 0.3) is 10.0 Å². The Kier molecular flexibility index (Phi) is 10.8. The second kappa shape index (κ2) is 13.8. The van der Waals surface area contributed by atoms with Crippen molar-refractivity contribution in [2.45, 2.75) is 57.1 Å². The molecule has 0 saturated heterocycles.